The second-order valence-corrected chi connectivity index (χ2v) is 20.8. The van der Waals surface area contributed by atoms with Crippen molar-refractivity contribution >= 4 is 87.8 Å². The van der Waals surface area contributed by atoms with Crippen molar-refractivity contribution in [1.29, 1.82) is 0 Å². The van der Waals surface area contributed by atoms with Crippen molar-refractivity contribution in [2.75, 3.05) is 32.8 Å². The number of guanidine groups is 1. The van der Waals surface area contributed by atoms with Crippen LogP contribution < -0.4 is 70.8 Å². The van der Waals surface area contributed by atoms with Gasteiger partial charge in [-0.2, -0.15) is 0 Å². The molecule has 1 saturated heterocycles. The highest BCUT2D eigenvalue weighted by Crippen LogP contribution is 2.24. The van der Waals surface area contributed by atoms with E-state index in [2.05, 4.69) is 57.8 Å². The number of unbranched alkanes of at least 4 members (excludes halogenated alkanes) is 1. The third-order valence-corrected chi connectivity index (χ3v) is 14.0. The molecule has 0 aliphatic carbocycles. The Kier molecular flexibility index (Phi) is 29.1. The number of rotatable bonds is 36. The number of aromatic amines is 1. The Morgan fingerprint density at radius 2 is 1.24 bits per heavy atom. The fourth-order valence-electron chi connectivity index (χ4n) is 9.05. The van der Waals surface area contributed by atoms with Crippen LogP contribution in [0.25, 0.3) is 10.9 Å². The van der Waals surface area contributed by atoms with Crippen molar-refractivity contribution in [3.8, 4) is 0 Å². The third-order valence-electron chi connectivity index (χ3n) is 14.0. The first-order chi connectivity index (χ1) is 40.1. The molecule has 1 aliphatic rings. The number of likely N-dealkylation sites (tertiary alicyclic amines) is 1. The second-order valence-electron chi connectivity index (χ2n) is 20.8. The number of nitrogens with zero attached hydrogens (tertiary/aromatic N) is 2. The van der Waals surface area contributed by atoms with E-state index in [0.717, 1.165) is 11.8 Å². The molecule has 1 fully saturated rings. The quantitative estimate of drug-likeness (QED) is 0.0171. The second kappa shape index (κ2) is 35.0. The molecule has 1 aromatic carbocycles. The number of H-pyrrole nitrogens is 1. The van der Waals surface area contributed by atoms with Crippen LogP contribution in [0, 0.1) is 5.92 Å². The minimum absolute atomic E-state index is 0.0160. The third kappa shape index (κ3) is 22.6. The number of aliphatic carboxylic acids is 1. The van der Waals surface area contributed by atoms with Crippen molar-refractivity contribution in [3.63, 3.8) is 0 Å². The average Bonchev–Trinajstić information content (AvgIpc) is 4.25. The van der Waals surface area contributed by atoms with Gasteiger partial charge >= 0.3 is 5.97 Å². The number of primary amides is 1. The summed E-state index contributed by atoms with van der Waals surface area (Å²) in [4.78, 5) is 168. The Bertz CT molecular complexity index is 2700. The number of aliphatic hydroxyl groups is 3. The van der Waals surface area contributed by atoms with Crippen LogP contribution in [0.3, 0.4) is 0 Å². The molecule has 0 spiro atoms. The molecule has 0 unspecified atom stereocenters. The molecular formula is C53H84N16O16. The Labute approximate surface area is 490 Å². The fourth-order valence-corrected chi connectivity index (χ4v) is 9.05. The number of hydrogen-bond donors (Lipinski definition) is 18. The SMILES string of the molecule is CC[C@H](C)[C@H](NC(=O)[C@H](CCCCNC(C)=O)NC(=O)[C@H](CO)NC(=O)[C@@H](NC(=O)[C@@H]1CCCN1C(=O)[C@H](Cc1c[nH]c2ccccc12)NC(=O)[C@H](CCCN=C(N)N)NC(=O)[C@H](CO)NC(=O)[C@H](CC(N)=O)NC(=O)[C@H](C)N)[C@@H](C)O)C(=O)O. The number of benzene rings is 1. The molecule has 472 valence electrons. The van der Waals surface area contributed by atoms with E-state index < -0.39 is 157 Å². The van der Waals surface area contributed by atoms with Gasteiger partial charge in [-0.25, -0.2) is 4.79 Å². The molecule has 22 N–H and O–H groups in total. The maximum atomic E-state index is 14.9. The number of carboxylic acid groups (broad SMARTS) is 1. The van der Waals surface area contributed by atoms with E-state index in [1.807, 2.05) is 0 Å². The normalized spacial score (nSPS) is 16.8. The van der Waals surface area contributed by atoms with E-state index in [9.17, 15) is 78.0 Å². The zero-order valence-electron chi connectivity index (χ0n) is 48.3. The van der Waals surface area contributed by atoms with Crippen molar-refractivity contribution in [2.45, 2.75) is 165 Å². The highest BCUT2D eigenvalue weighted by Gasteiger charge is 2.42. The smallest absolute Gasteiger partial charge is 0.326 e. The molecule has 11 amide bonds. The van der Waals surface area contributed by atoms with Crippen LogP contribution >= 0.6 is 0 Å². The largest absolute Gasteiger partial charge is 0.480 e. The van der Waals surface area contributed by atoms with Gasteiger partial charge in [0.2, 0.25) is 65.0 Å². The number of fused-ring (bicyclic) bond motifs is 1. The first kappa shape index (κ1) is 70.8. The first-order valence-electron chi connectivity index (χ1n) is 27.9. The number of nitrogens with one attached hydrogen (secondary N) is 10. The van der Waals surface area contributed by atoms with Gasteiger partial charge in [-0.05, 0) is 76.3 Å². The Balaban J connectivity index is 1.93. The first-order valence-corrected chi connectivity index (χ1v) is 27.9. The van der Waals surface area contributed by atoms with Gasteiger partial charge in [0.1, 0.15) is 54.4 Å². The predicted molar refractivity (Wildman–Crippen MR) is 305 cm³/mol. The van der Waals surface area contributed by atoms with E-state index in [1.165, 1.54) is 13.8 Å². The minimum atomic E-state index is -1.83. The zero-order chi connectivity index (χ0) is 63.7. The van der Waals surface area contributed by atoms with Gasteiger partial charge in [0.05, 0.1) is 31.8 Å². The van der Waals surface area contributed by atoms with Gasteiger partial charge in [-0.1, -0.05) is 38.5 Å². The number of para-hydroxylation sites is 1. The van der Waals surface area contributed by atoms with Crippen LogP contribution in [0.4, 0.5) is 0 Å². The summed E-state index contributed by atoms with van der Waals surface area (Å²) in [6, 6.07) is -8.23. The molecule has 32 heteroatoms. The van der Waals surface area contributed by atoms with Crippen molar-refractivity contribution in [3.05, 3.63) is 36.0 Å². The topological polar surface area (TPSA) is 529 Å². The lowest BCUT2D eigenvalue weighted by atomic mass is 9.98. The predicted octanol–water partition coefficient (Wildman–Crippen LogP) is -6.34. The number of carbonyl (C=O) groups is 12. The number of aliphatic hydroxyl groups excluding tert-OH is 3. The van der Waals surface area contributed by atoms with Crippen LogP contribution in [0.2, 0.25) is 0 Å². The number of aliphatic imine (C=N–C) groups is 1. The van der Waals surface area contributed by atoms with Gasteiger partial charge in [0.15, 0.2) is 5.96 Å². The maximum absolute atomic E-state index is 14.9. The molecule has 0 saturated carbocycles. The summed E-state index contributed by atoms with van der Waals surface area (Å²) < 4.78 is 0. The lowest BCUT2D eigenvalue weighted by molar-refractivity contribution is -0.144. The van der Waals surface area contributed by atoms with Gasteiger partial charge < -0.3 is 101 Å². The standard InChI is InChI=1S/C53H84N16O16/c1-6-26(2)41(52(84)85)67-45(77)33(15-9-10-18-58-29(5)73)61-48(80)38(25-71)66-50(82)42(28(4)72)68-49(81)39-17-12-20-69(39)51(83)36(21-30-23-60-32-14-8-7-13-31(30)32)64-44(76)34(16-11-19-59-53(56)57)62-47(79)37(24-70)65-46(78)35(22-40(55)74)63-43(75)27(3)54/h7-8,13-14,23,26-28,33-39,41-42,60,70-72H,6,9-12,15-22,24-25,54H2,1-5H3,(H2,55,74)(H,58,73)(H,61,80)(H,62,79)(H,63,75)(H,64,76)(H,65,78)(H,66,82)(H,67,77)(H,68,81)(H,84,85)(H4,56,57,59)/t26-,27-,28+,33-,34-,35-,36-,37-,38-,39-,41-,42-/m0/s1. The van der Waals surface area contributed by atoms with Gasteiger partial charge in [-0.15, -0.1) is 0 Å². The van der Waals surface area contributed by atoms with E-state index in [-0.39, 0.29) is 76.4 Å². The van der Waals surface area contributed by atoms with E-state index >= 15 is 0 Å². The lowest BCUT2D eigenvalue weighted by Crippen LogP contribution is -2.62. The number of carbonyl (C=O) groups excluding carboxylic acids is 11. The summed E-state index contributed by atoms with van der Waals surface area (Å²) in [5, 5.41) is 63.8. The number of amides is 11. The van der Waals surface area contributed by atoms with Gasteiger partial charge in [0, 0.05) is 50.1 Å². The summed E-state index contributed by atoms with van der Waals surface area (Å²) >= 11 is 0. The minimum Gasteiger partial charge on any atom is -0.480 e. The number of aromatic nitrogens is 1. The van der Waals surface area contributed by atoms with Crippen molar-refractivity contribution < 1.29 is 78.0 Å². The van der Waals surface area contributed by atoms with Crippen molar-refractivity contribution in [2.24, 2.45) is 33.8 Å². The molecule has 1 aromatic heterocycles. The Hall–Kier alpha value is -8.49. The van der Waals surface area contributed by atoms with E-state index in [0.29, 0.717) is 29.3 Å². The molecule has 0 radical (unpaired) electrons. The molecule has 32 nitrogen and oxygen atoms in total. The highest BCUT2D eigenvalue weighted by molar-refractivity contribution is 6.00. The molecule has 2 aromatic rings. The molecule has 2 heterocycles. The van der Waals surface area contributed by atoms with Crippen LogP contribution in [-0.4, -0.2) is 207 Å². The van der Waals surface area contributed by atoms with Crippen LogP contribution in [0.5, 0.6) is 0 Å². The van der Waals surface area contributed by atoms with Crippen LogP contribution in [-0.2, 0) is 64.0 Å². The monoisotopic (exact) mass is 1200 g/mol. The van der Waals surface area contributed by atoms with E-state index in [4.69, 9.17) is 22.9 Å². The number of carboxylic acids is 1. The van der Waals surface area contributed by atoms with Gasteiger partial charge in [-0.3, -0.25) is 57.7 Å². The number of hydrogen-bond acceptors (Lipinski definition) is 17. The summed E-state index contributed by atoms with van der Waals surface area (Å²) in [5.41, 5.74) is 23.1. The molecule has 0 bridgehead atoms. The molecule has 1 aliphatic heterocycles. The molecular weight excluding hydrogens is 1120 g/mol. The van der Waals surface area contributed by atoms with Crippen molar-refractivity contribution in [1.82, 2.24) is 57.7 Å². The summed E-state index contributed by atoms with van der Waals surface area (Å²) in [7, 11) is 0. The van der Waals surface area contributed by atoms with Crippen LogP contribution in [0.15, 0.2) is 35.5 Å². The zero-order valence-corrected chi connectivity index (χ0v) is 48.3. The Morgan fingerprint density at radius 3 is 1.79 bits per heavy atom. The summed E-state index contributed by atoms with van der Waals surface area (Å²) in [6.45, 7) is 5.12. The maximum Gasteiger partial charge on any atom is 0.326 e. The fraction of sp³-hybridized carbons (Fsp3) is 0.604. The molecule has 3 rings (SSSR count). The molecule has 85 heavy (non-hydrogen) atoms. The van der Waals surface area contributed by atoms with Gasteiger partial charge in [0.25, 0.3) is 0 Å². The average molecular weight is 1200 g/mol. The molecule has 12 atom stereocenters. The Morgan fingerprint density at radius 1 is 0.694 bits per heavy atom. The summed E-state index contributed by atoms with van der Waals surface area (Å²) in [5.74, 6) is -12.4. The number of nitrogens with two attached hydrogens (primary N) is 4. The van der Waals surface area contributed by atoms with E-state index in [1.54, 1.807) is 44.3 Å². The van der Waals surface area contributed by atoms with Crippen LogP contribution in [0.1, 0.15) is 98.0 Å². The lowest BCUT2D eigenvalue weighted by Gasteiger charge is -2.31. The highest BCUT2D eigenvalue weighted by atomic mass is 16.4. The summed E-state index contributed by atoms with van der Waals surface area (Å²) in [6.07, 6.45) is 0.0207.